The Kier molecular flexibility index (Phi) is 2.07. The normalized spacial score (nSPS) is 17.4. The highest BCUT2D eigenvalue weighted by atomic mass is 14.8. The van der Waals surface area contributed by atoms with Crippen LogP contribution in [-0.4, -0.2) is 9.97 Å². The molecule has 1 fully saturated rings. The highest BCUT2D eigenvalue weighted by molar-refractivity contribution is 5.03. The monoisotopic (exact) mass is 162 g/mol. The number of hydrogen-bond donors (Lipinski definition) is 0. The summed E-state index contributed by atoms with van der Waals surface area (Å²) in [5, 5.41) is 0. The summed E-state index contributed by atoms with van der Waals surface area (Å²) in [7, 11) is 0. The van der Waals surface area contributed by atoms with Crippen LogP contribution in [0, 0.1) is 12.8 Å². The molecule has 0 unspecified atom stereocenters. The van der Waals surface area contributed by atoms with Gasteiger partial charge in [-0.2, -0.15) is 0 Å². The molecule has 64 valence electrons. The molecule has 1 aliphatic rings. The van der Waals surface area contributed by atoms with E-state index in [-0.39, 0.29) is 0 Å². The van der Waals surface area contributed by atoms with E-state index in [0.717, 1.165) is 18.0 Å². The summed E-state index contributed by atoms with van der Waals surface area (Å²) in [5.74, 6) is 0.890. The minimum atomic E-state index is 0.890. The van der Waals surface area contributed by atoms with Crippen LogP contribution in [0.3, 0.4) is 0 Å². The average molecular weight is 162 g/mol. The van der Waals surface area contributed by atoms with Crippen molar-refractivity contribution in [2.75, 3.05) is 0 Å². The van der Waals surface area contributed by atoms with Gasteiger partial charge in [0, 0.05) is 12.4 Å². The lowest BCUT2D eigenvalue weighted by Gasteiger charge is -2.24. The van der Waals surface area contributed by atoms with E-state index in [2.05, 4.69) is 9.97 Å². The lowest BCUT2D eigenvalue weighted by Crippen LogP contribution is -2.14. The van der Waals surface area contributed by atoms with Crippen molar-refractivity contribution in [3.8, 4) is 0 Å². The molecule has 1 heterocycles. The average Bonchev–Trinajstić information content (AvgIpc) is 1.97. The first kappa shape index (κ1) is 7.71. The molecule has 0 aromatic carbocycles. The summed E-state index contributed by atoms with van der Waals surface area (Å²) >= 11 is 0. The first-order valence-corrected chi connectivity index (χ1v) is 4.62. The van der Waals surface area contributed by atoms with Crippen LogP contribution in [0.2, 0.25) is 0 Å². The van der Waals surface area contributed by atoms with Crippen LogP contribution < -0.4 is 0 Å². The second-order valence-electron chi connectivity index (χ2n) is 3.65. The molecule has 0 N–H and O–H groups in total. The van der Waals surface area contributed by atoms with Crippen molar-refractivity contribution in [3.05, 3.63) is 23.8 Å². The van der Waals surface area contributed by atoms with Gasteiger partial charge in [-0.25, -0.2) is 0 Å². The maximum atomic E-state index is 4.43. The van der Waals surface area contributed by atoms with Crippen molar-refractivity contribution >= 4 is 0 Å². The quantitative estimate of drug-likeness (QED) is 0.665. The summed E-state index contributed by atoms with van der Waals surface area (Å²) in [6, 6.07) is 0. The predicted molar refractivity (Wildman–Crippen MR) is 47.8 cm³/mol. The van der Waals surface area contributed by atoms with E-state index < -0.39 is 0 Å². The third-order valence-electron chi connectivity index (χ3n) is 2.53. The number of nitrogens with zero attached hydrogens (tertiary/aromatic N) is 2. The zero-order valence-electron chi connectivity index (χ0n) is 7.45. The maximum Gasteiger partial charge on any atom is 0.0592 e. The van der Waals surface area contributed by atoms with E-state index in [9.17, 15) is 0 Å². The van der Waals surface area contributed by atoms with Gasteiger partial charge in [0.15, 0.2) is 0 Å². The largest absolute Gasteiger partial charge is 0.261 e. The van der Waals surface area contributed by atoms with Gasteiger partial charge in [0.05, 0.1) is 11.4 Å². The van der Waals surface area contributed by atoms with Crippen molar-refractivity contribution < 1.29 is 0 Å². The smallest absolute Gasteiger partial charge is 0.0592 e. The van der Waals surface area contributed by atoms with Crippen LogP contribution in [0.15, 0.2) is 12.4 Å². The van der Waals surface area contributed by atoms with Gasteiger partial charge in [0.2, 0.25) is 0 Å². The standard InChI is InChI=1S/C10H14N2/c1-8-6-11-7-10(12-8)5-9-3-2-4-9/h6-7,9H,2-5H2,1H3. The summed E-state index contributed by atoms with van der Waals surface area (Å²) in [6.45, 7) is 2.00. The molecule has 0 radical (unpaired) electrons. The van der Waals surface area contributed by atoms with E-state index in [1.807, 2.05) is 19.3 Å². The van der Waals surface area contributed by atoms with E-state index in [1.54, 1.807) is 0 Å². The van der Waals surface area contributed by atoms with Crippen LogP contribution in [0.25, 0.3) is 0 Å². The lowest BCUT2D eigenvalue weighted by molar-refractivity contribution is 0.311. The molecule has 2 rings (SSSR count). The molecule has 1 aromatic heterocycles. The molecule has 1 aliphatic carbocycles. The number of aromatic nitrogens is 2. The molecule has 1 aromatic rings. The Morgan fingerprint density at radius 3 is 2.83 bits per heavy atom. The number of hydrogen-bond acceptors (Lipinski definition) is 2. The van der Waals surface area contributed by atoms with E-state index >= 15 is 0 Å². The van der Waals surface area contributed by atoms with E-state index in [4.69, 9.17) is 0 Å². The Hall–Kier alpha value is -0.920. The molecule has 0 atom stereocenters. The Morgan fingerprint density at radius 2 is 2.25 bits per heavy atom. The molecule has 2 heteroatoms. The van der Waals surface area contributed by atoms with Crippen LogP contribution in [-0.2, 0) is 6.42 Å². The zero-order chi connectivity index (χ0) is 8.39. The van der Waals surface area contributed by atoms with Gasteiger partial charge in [0.1, 0.15) is 0 Å². The number of aryl methyl sites for hydroxylation is 1. The van der Waals surface area contributed by atoms with Crippen molar-refractivity contribution in [3.63, 3.8) is 0 Å². The third-order valence-corrected chi connectivity index (χ3v) is 2.53. The Labute approximate surface area is 73.1 Å². The van der Waals surface area contributed by atoms with E-state index in [0.29, 0.717) is 0 Å². The molecule has 0 aliphatic heterocycles. The van der Waals surface area contributed by atoms with Gasteiger partial charge < -0.3 is 0 Å². The zero-order valence-corrected chi connectivity index (χ0v) is 7.45. The second kappa shape index (κ2) is 3.21. The Bertz CT molecular complexity index is 266. The summed E-state index contributed by atoms with van der Waals surface area (Å²) in [4.78, 5) is 8.57. The fourth-order valence-electron chi connectivity index (χ4n) is 1.61. The van der Waals surface area contributed by atoms with Gasteiger partial charge >= 0.3 is 0 Å². The Morgan fingerprint density at radius 1 is 1.42 bits per heavy atom. The fourth-order valence-corrected chi connectivity index (χ4v) is 1.61. The molecule has 1 saturated carbocycles. The Balaban J connectivity index is 2.02. The molecular weight excluding hydrogens is 148 g/mol. The van der Waals surface area contributed by atoms with Crippen LogP contribution >= 0.6 is 0 Å². The first-order chi connectivity index (χ1) is 5.84. The van der Waals surface area contributed by atoms with Gasteiger partial charge in [-0.15, -0.1) is 0 Å². The minimum absolute atomic E-state index is 0.890. The van der Waals surface area contributed by atoms with Gasteiger partial charge in [-0.1, -0.05) is 19.3 Å². The van der Waals surface area contributed by atoms with Crippen LogP contribution in [0.5, 0.6) is 0 Å². The van der Waals surface area contributed by atoms with Crippen molar-refractivity contribution in [2.45, 2.75) is 32.6 Å². The molecule has 12 heavy (non-hydrogen) atoms. The fraction of sp³-hybridized carbons (Fsp3) is 0.600. The van der Waals surface area contributed by atoms with Crippen LogP contribution in [0.1, 0.15) is 30.7 Å². The molecule has 0 bridgehead atoms. The molecule has 0 amide bonds. The topological polar surface area (TPSA) is 25.8 Å². The summed E-state index contributed by atoms with van der Waals surface area (Å²) in [5.41, 5.74) is 2.20. The lowest BCUT2D eigenvalue weighted by atomic mass is 9.82. The highest BCUT2D eigenvalue weighted by Crippen LogP contribution is 2.28. The second-order valence-corrected chi connectivity index (χ2v) is 3.65. The first-order valence-electron chi connectivity index (χ1n) is 4.62. The molecular formula is C10H14N2. The van der Waals surface area contributed by atoms with Crippen molar-refractivity contribution in [1.29, 1.82) is 0 Å². The SMILES string of the molecule is Cc1cncc(CC2CCC2)n1. The van der Waals surface area contributed by atoms with Crippen molar-refractivity contribution in [1.82, 2.24) is 9.97 Å². The maximum absolute atomic E-state index is 4.43. The summed E-state index contributed by atoms with van der Waals surface area (Å²) < 4.78 is 0. The van der Waals surface area contributed by atoms with Crippen LogP contribution in [0.4, 0.5) is 0 Å². The minimum Gasteiger partial charge on any atom is -0.261 e. The highest BCUT2D eigenvalue weighted by Gasteiger charge is 2.18. The summed E-state index contributed by atoms with van der Waals surface area (Å²) in [6.07, 6.45) is 9.01. The number of rotatable bonds is 2. The van der Waals surface area contributed by atoms with Crippen molar-refractivity contribution in [2.24, 2.45) is 5.92 Å². The van der Waals surface area contributed by atoms with Gasteiger partial charge in [0.25, 0.3) is 0 Å². The van der Waals surface area contributed by atoms with Gasteiger partial charge in [-0.05, 0) is 19.3 Å². The molecule has 0 spiro atoms. The molecule has 2 nitrogen and oxygen atoms in total. The van der Waals surface area contributed by atoms with Gasteiger partial charge in [-0.3, -0.25) is 9.97 Å². The third kappa shape index (κ3) is 1.63. The van der Waals surface area contributed by atoms with E-state index in [1.165, 1.54) is 25.0 Å². The predicted octanol–water partition coefficient (Wildman–Crippen LogP) is 2.13. The molecule has 0 saturated heterocycles.